The van der Waals surface area contributed by atoms with Gasteiger partial charge in [-0.05, 0) is 87.3 Å². The standard InChI is InChI=1S/C42H33N3/c1-4-10-26-18-19-28-21-32(25-45-41(28)39(26)43)29-22-30(24-31(23-29)34-15-7-11-27-12-9-20-44-40(27)34)33-14-8-16-36-35-13-5-6-17-37(35)42(2,3)38(33)36/h4-25H,43H2,1-3H3/b10-4-. The number of para-hydroxylation sites is 1. The van der Waals surface area contributed by atoms with Crippen molar-refractivity contribution >= 4 is 33.6 Å². The lowest BCUT2D eigenvalue weighted by Crippen LogP contribution is -2.16. The van der Waals surface area contributed by atoms with Crippen LogP contribution in [0.5, 0.6) is 0 Å². The van der Waals surface area contributed by atoms with Gasteiger partial charge in [-0.1, -0.05) is 105 Å². The third-order valence-electron chi connectivity index (χ3n) is 9.37. The fraction of sp³-hybridized carbons (Fsp3) is 0.0952. The topological polar surface area (TPSA) is 51.8 Å². The van der Waals surface area contributed by atoms with Crippen molar-refractivity contribution in [3.8, 4) is 44.5 Å². The first-order valence-electron chi connectivity index (χ1n) is 15.5. The SMILES string of the molecule is C/C=C\c1ccc2cc(-c3cc(-c4cccc5c4C(C)(C)c4ccccc4-5)cc(-c4cccc5cccnc45)c3)cnc2c1N. The summed E-state index contributed by atoms with van der Waals surface area (Å²) in [6.45, 7) is 6.69. The van der Waals surface area contributed by atoms with Crippen LogP contribution < -0.4 is 5.73 Å². The molecule has 1 aliphatic carbocycles. The second kappa shape index (κ2) is 10.3. The van der Waals surface area contributed by atoms with Gasteiger partial charge in [0.25, 0.3) is 0 Å². The molecule has 3 heteroatoms. The van der Waals surface area contributed by atoms with E-state index in [4.69, 9.17) is 15.7 Å². The summed E-state index contributed by atoms with van der Waals surface area (Å²) in [5.74, 6) is 0. The lowest BCUT2D eigenvalue weighted by atomic mass is 9.78. The first kappa shape index (κ1) is 27.0. The van der Waals surface area contributed by atoms with Gasteiger partial charge in [0.15, 0.2) is 0 Å². The number of allylic oxidation sites excluding steroid dienone is 1. The van der Waals surface area contributed by atoms with E-state index in [1.54, 1.807) is 0 Å². The van der Waals surface area contributed by atoms with Crippen molar-refractivity contribution in [3.05, 3.63) is 144 Å². The van der Waals surface area contributed by atoms with Gasteiger partial charge in [-0.3, -0.25) is 9.97 Å². The number of aromatic nitrogens is 2. The first-order chi connectivity index (χ1) is 21.9. The van der Waals surface area contributed by atoms with Crippen molar-refractivity contribution in [2.75, 3.05) is 5.73 Å². The predicted molar refractivity (Wildman–Crippen MR) is 190 cm³/mol. The number of hydrogen-bond acceptors (Lipinski definition) is 3. The van der Waals surface area contributed by atoms with E-state index < -0.39 is 0 Å². The molecule has 0 fully saturated rings. The van der Waals surface area contributed by atoms with Gasteiger partial charge in [0, 0.05) is 39.7 Å². The van der Waals surface area contributed by atoms with Crippen molar-refractivity contribution in [1.29, 1.82) is 0 Å². The highest BCUT2D eigenvalue weighted by Crippen LogP contribution is 2.52. The number of hydrogen-bond donors (Lipinski definition) is 1. The molecule has 0 saturated carbocycles. The Morgan fingerprint density at radius 1 is 0.600 bits per heavy atom. The third-order valence-corrected chi connectivity index (χ3v) is 9.37. The number of rotatable bonds is 4. The largest absolute Gasteiger partial charge is 0.396 e. The summed E-state index contributed by atoms with van der Waals surface area (Å²) in [5, 5.41) is 2.15. The fourth-order valence-corrected chi connectivity index (χ4v) is 7.25. The molecular formula is C42H33N3. The zero-order chi connectivity index (χ0) is 30.7. The molecule has 2 heterocycles. The molecule has 0 radical (unpaired) electrons. The summed E-state index contributed by atoms with van der Waals surface area (Å²) in [5.41, 5.74) is 22.1. The van der Waals surface area contributed by atoms with Gasteiger partial charge in [-0.25, -0.2) is 0 Å². The Bertz CT molecular complexity index is 2320. The van der Waals surface area contributed by atoms with Gasteiger partial charge in [-0.15, -0.1) is 0 Å². The van der Waals surface area contributed by atoms with Crippen LogP contribution in [-0.4, -0.2) is 9.97 Å². The van der Waals surface area contributed by atoms with Crippen LogP contribution in [-0.2, 0) is 5.41 Å². The maximum absolute atomic E-state index is 6.54. The third kappa shape index (κ3) is 4.27. The van der Waals surface area contributed by atoms with Crippen LogP contribution in [0, 0.1) is 0 Å². The molecule has 2 aromatic heterocycles. The van der Waals surface area contributed by atoms with E-state index in [9.17, 15) is 0 Å². The van der Waals surface area contributed by atoms with Crippen LogP contribution in [0.3, 0.4) is 0 Å². The molecule has 2 N–H and O–H groups in total. The molecule has 8 rings (SSSR count). The van der Waals surface area contributed by atoms with E-state index >= 15 is 0 Å². The van der Waals surface area contributed by atoms with Crippen LogP contribution in [0.15, 0.2) is 128 Å². The van der Waals surface area contributed by atoms with Crippen LogP contribution in [0.4, 0.5) is 5.69 Å². The Kier molecular flexibility index (Phi) is 6.18. The molecule has 216 valence electrons. The fourth-order valence-electron chi connectivity index (χ4n) is 7.25. The van der Waals surface area contributed by atoms with E-state index in [2.05, 4.69) is 117 Å². The van der Waals surface area contributed by atoms with Crippen LogP contribution >= 0.6 is 0 Å². The summed E-state index contributed by atoms with van der Waals surface area (Å²) in [7, 11) is 0. The maximum atomic E-state index is 6.54. The Balaban J connectivity index is 1.38. The first-order valence-corrected chi connectivity index (χ1v) is 15.5. The number of pyridine rings is 2. The Labute approximate surface area is 263 Å². The van der Waals surface area contributed by atoms with Crippen molar-refractivity contribution in [2.24, 2.45) is 0 Å². The minimum atomic E-state index is -0.133. The van der Waals surface area contributed by atoms with Gasteiger partial charge in [0.2, 0.25) is 0 Å². The minimum absolute atomic E-state index is 0.133. The lowest BCUT2D eigenvalue weighted by molar-refractivity contribution is 0.662. The number of nitrogen functional groups attached to an aromatic ring is 1. The molecule has 0 spiro atoms. The normalized spacial score (nSPS) is 13.4. The number of anilines is 1. The monoisotopic (exact) mass is 579 g/mol. The molecule has 0 saturated heterocycles. The average molecular weight is 580 g/mol. The van der Waals surface area contributed by atoms with E-state index in [0.29, 0.717) is 5.69 Å². The Hall–Kier alpha value is -5.54. The van der Waals surface area contributed by atoms with Crippen LogP contribution in [0.1, 0.15) is 37.5 Å². The molecule has 0 atom stereocenters. The van der Waals surface area contributed by atoms with Crippen molar-refractivity contribution in [2.45, 2.75) is 26.2 Å². The number of fused-ring (bicyclic) bond motifs is 5. The molecule has 3 nitrogen and oxygen atoms in total. The van der Waals surface area contributed by atoms with Crippen LogP contribution in [0.25, 0.3) is 72.4 Å². The molecule has 7 aromatic rings. The maximum Gasteiger partial charge on any atom is 0.0937 e. The molecule has 0 amide bonds. The zero-order valence-electron chi connectivity index (χ0n) is 25.7. The van der Waals surface area contributed by atoms with Crippen molar-refractivity contribution in [1.82, 2.24) is 9.97 Å². The molecule has 1 aliphatic rings. The minimum Gasteiger partial charge on any atom is -0.396 e. The quantitative estimate of drug-likeness (QED) is 0.211. The highest BCUT2D eigenvalue weighted by atomic mass is 14.7. The number of benzene rings is 5. The average Bonchev–Trinajstić information content (AvgIpc) is 3.32. The summed E-state index contributed by atoms with van der Waals surface area (Å²) in [6, 6.07) is 39.4. The van der Waals surface area contributed by atoms with E-state index in [0.717, 1.165) is 49.6 Å². The number of nitrogens with two attached hydrogens (primary N) is 1. The lowest BCUT2D eigenvalue weighted by Gasteiger charge is -2.25. The summed E-state index contributed by atoms with van der Waals surface area (Å²) in [4.78, 5) is 9.70. The second-order valence-electron chi connectivity index (χ2n) is 12.4. The van der Waals surface area contributed by atoms with Crippen molar-refractivity contribution < 1.29 is 0 Å². The molecule has 5 aromatic carbocycles. The molecular weight excluding hydrogens is 546 g/mol. The smallest absolute Gasteiger partial charge is 0.0937 e. The second-order valence-corrected chi connectivity index (χ2v) is 12.4. The summed E-state index contributed by atoms with van der Waals surface area (Å²) in [6.07, 6.45) is 7.86. The summed E-state index contributed by atoms with van der Waals surface area (Å²) >= 11 is 0. The molecule has 0 bridgehead atoms. The highest BCUT2D eigenvalue weighted by Gasteiger charge is 2.37. The van der Waals surface area contributed by atoms with Gasteiger partial charge < -0.3 is 5.73 Å². The van der Waals surface area contributed by atoms with Crippen molar-refractivity contribution in [3.63, 3.8) is 0 Å². The Morgan fingerprint density at radius 2 is 1.31 bits per heavy atom. The van der Waals surface area contributed by atoms with E-state index in [1.165, 1.54) is 33.4 Å². The highest BCUT2D eigenvalue weighted by molar-refractivity contribution is 5.99. The van der Waals surface area contributed by atoms with Gasteiger partial charge in [0.1, 0.15) is 0 Å². The predicted octanol–water partition coefficient (Wildman–Crippen LogP) is 10.7. The van der Waals surface area contributed by atoms with Gasteiger partial charge in [0.05, 0.1) is 16.7 Å². The molecule has 45 heavy (non-hydrogen) atoms. The molecule has 0 aliphatic heterocycles. The Morgan fingerprint density at radius 3 is 2.18 bits per heavy atom. The van der Waals surface area contributed by atoms with E-state index in [-0.39, 0.29) is 5.41 Å². The van der Waals surface area contributed by atoms with Crippen LogP contribution in [0.2, 0.25) is 0 Å². The zero-order valence-corrected chi connectivity index (χ0v) is 25.7. The van der Waals surface area contributed by atoms with E-state index in [1.807, 2.05) is 37.5 Å². The number of nitrogens with zero attached hydrogens (tertiary/aromatic N) is 2. The summed E-state index contributed by atoms with van der Waals surface area (Å²) < 4.78 is 0. The van der Waals surface area contributed by atoms with Gasteiger partial charge >= 0.3 is 0 Å². The molecule has 0 unspecified atom stereocenters. The van der Waals surface area contributed by atoms with Gasteiger partial charge in [-0.2, -0.15) is 0 Å².